The third kappa shape index (κ3) is 4.30. The Hall–Kier alpha value is -2.70. The first-order chi connectivity index (χ1) is 15.9. The molecule has 1 N–H and O–H groups in total. The lowest BCUT2D eigenvalue weighted by molar-refractivity contribution is -0.115. The van der Waals surface area contributed by atoms with Gasteiger partial charge in [0.1, 0.15) is 0 Å². The van der Waals surface area contributed by atoms with Gasteiger partial charge in [0.05, 0.1) is 20.6 Å². The lowest BCUT2D eigenvalue weighted by Gasteiger charge is -2.13. The molecule has 3 aromatic carbocycles. The number of rotatable bonds is 4. The van der Waals surface area contributed by atoms with Gasteiger partial charge in [0.25, 0.3) is 11.1 Å². The smallest absolute Gasteiger partial charge is 0.290 e. The summed E-state index contributed by atoms with van der Waals surface area (Å²) < 4.78 is 2.17. The summed E-state index contributed by atoms with van der Waals surface area (Å²) in [4.78, 5) is 24.4. The number of para-hydroxylation sites is 1. The first-order valence-corrected chi connectivity index (χ1v) is 11.9. The molecular weight excluding hydrogens is 499 g/mol. The Labute approximate surface area is 209 Å². The van der Waals surface area contributed by atoms with Crippen LogP contribution in [0.4, 0.5) is 4.79 Å². The number of halogens is 3. The summed E-state index contributed by atoms with van der Waals surface area (Å²) in [6.45, 7) is 0.525. The van der Waals surface area contributed by atoms with E-state index in [1.807, 2.05) is 60.7 Å². The van der Waals surface area contributed by atoms with Crippen LogP contribution in [-0.2, 0) is 11.3 Å². The lowest BCUT2D eigenvalue weighted by Crippen LogP contribution is -2.17. The molecule has 8 heteroatoms. The summed E-state index contributed by atoms with van der Waals surface area (Å²) in [5, 5.41) is 4.52. The second-order valence-corrected chi connectivity index (χ2v) is 9.74. The van der Waals surface area contributed by atoms with Crippen molar-refractivity contribution < 1.29 is 9.59 Å². The van der Waals surface area contributed by atoms with Gasteiger partial charge in [-0.2, -0.15) is 0 Å². The maximum Gasteiger partial charge on any atom is 0.290 e. The normalized spacial score (nSPS) is 14.9. The predicted molar refractivity (Wildman–Crippen MR) is 137 cm³/mol. The maximum atomic E-state index is 12.3. The van der Waals surface area contributed by atoms with Crippen LogP contribution in [0.2, 0.25) is 15.1 Å². The van der Waals surface area contributed by atoms with Gasteiger partial charge >= 0.3 is 0 Å². The van der Waals surface area contributed by atoms with Gasteiger partial charge in [0, 0.05) is 28.0 Å². The van der Waals surface area contributed by atoms with E-state index < -0.39 is 5.91 Å². The van der Waals surface area contributed by atoms with E-state index in [4.69, 9.17) is 34.8 Å². The average molecular weight is 514 g/mol. The number of benzene rings is 3. The van der Waals surface area contributed by atoms with Crippen molar-refractivity contribution >= 4 is 74.7 Å². The van der Waals surface area contributed by atoms with Gasteiger partial charge in [0.15, 0.2) is 0 Å². The number of carbonyl (C=O) groups is 2. The molecule has 1 aliphatic heterocycles. The number of thioether (sulfide) groups is 1. The number of amides is 2. The highest BCUT2D eigenvalue weighted by Crippen LogP contribution is 2.39. The zero-order valence-electron chi connectivity index (χ0n) is 16.9. The SMILES string of the molecule is O=C1NC(=O)C(=Cc2c(-c3ccc(Cl)cc3)n(Cc3ccc(Cl)c(Cl)c3)c3ccccc23)S1. The Morgan fingerprint density at radius 3 is 2.36 bits per heavy atom. The van der Waals surface area contributed by atoms with Crippen LogP contribution in [0.1, 0.15) is 11.1 Å². The second-order valence-electron chi connectivity index (χ2n) is 7.47. The molecule has 1 aliphatic rings. The van der Waals surface area contributed by atoms with Crippen LogP contribution in [0.3, 0.4) is 0 Å². The van der Waals surface area contributed by atoms with Crippen molar-refractivity contribution in [1.29, 1.82) is 0 Å². The van der Waals surface area contributed by atoms with E-state index in [2.05, 4.69) is 9.88 Å². The van der Waals surface area contributed by atoms with Crippen molar-refractivity contribution in [2.75, 3.05) is 0 Å². The summed E-state index contributed by atoms with van der Waals surface area (Å²) in [5.41, 5.74) is 4.63. The Morgan fingerprint density at radius 1 is 0.909 bits per heavy atom. The number of fused-ring (bicyclic) bond motifs is 1. The molecule has 5 rings (SSSR count). The first kappa shape index (κ1) is 22.1. The van der Waals surface area contributed by atoms with Crippen LogP contribution in [0.5, 0.6) is 0 Å². The van der Waals surface area contributed by atoms with Crippen molar-refractivity contribution in [3.63, 3.8) is 0 Å². The standard InChI is InChI=1S/C25H15Cl3N2O2S/c26-16-8-6-15(7-9-16)23-18(12-22-24(31)29-25(32)33-22)17-3-1-2-4-21(17)30(23)13-14-5-10-19(27)20(28)11-14/h1-12H,13H2,(H,29,31,32). The van der Waals surface area contributed by atoms with Crippen LogP contribution in [0.25, 0.3) is 28.2 Å². The summed E-state index contributed by atoms with van der Waals surface area (Å²) in [6.07, 6.45) is 1.78. The van der Waals surface area contributed by atoms with Gasteiger partial charge in [-0.1, -0.05) is 71.2 Å². The van der Waals surface area contributed by atoms with E-state index in [9.17, 15) is 9.59 Å². The number of carbonyl (C=O) groups excluding carboxylic acids is 2. The molecule has 0 atom stereocenters. The molecule has 0 saturated carbocycles. The molecule has 4 nitrogen and oxygen atoms in total. The number of nitrogens with zero attached hydrogens (tertiary/aromatic N) is 1. The summed E-state index contributed by atoms with van der Waals surface area (Å²) in [6, 6.07) is 21.1. The summed E-state index contributed by atoms with van der Waals surface area (Å²) in [5.74, 6) is -0.395. The minimum absolute atomic E-state index is 0.354. The fraction of sp³-hybridized carbons (Fsp3) is 0.0400. The van der Waals surface area contributed by atoms with Gasteiger partial charge < -0.3 is 4.57 Å². The fourth-order valence-electron chi connectivity index (χ4n) is 3.93. The molecule has 164 valence electrons. The van der Waals surface area contributed by atoms with Crippen LogP contribution in [0, 0.1) is 0 Å². The number of aromatic nitrogens is 1. The maximum absolute atomic E-state index is 12.3. The highest BCUT2D eigenvalue weighted by molar-refractivity contribution is 8.18. The Kier molecular flexibility index (Phi) is 5.97. The van der Waals surface area contributed by atoms with Crippen molar-refractivity contribution in [2.24, 2.45) is 0 Å². The molecule has 0 bridgehead atoms. The number of hydrogen-bond acceptors (Lipinski definition) is 3. The van der Waals surface area contributed by atoms with Gasteiger partial charge in [-0.05, 0) is 59.3 Å². The van der Waals surface area contributed by atoms with Crippen molar-refractivity contribution in [2.45, 2.75) is 6.54 Å². The molecule has 1 fully saturated rings. The van der Waals surface area contributed by atoms with E-state index in [1.165, 1.54) is 0 Å². The molecule has 33 heavy (non-hydrogen) atoms. The van der Waals surface area contributed by atoms with Gasteiger partial charge in [-0.15, -0.1) is 0 Å². The molecule has 2 amide bonds. The zero-order valence-corrected chi connectivity index (χ0v) is 20.0. The van der Waals surface area contributed by atoms with Gasteiger partial charge in [-0.25, -0.2) is 0 Å². The van der Waals surface area contributed by atoms with Gasteiger partial charge in [-0.3, -0.25) is 14.9 Å². The highest BCUT2D eigenvalue weighted by atomic mass is 35.5. The number of imide groups is 1. The third-order valence-corrected chi connectivity index (χ3v) is 7.17. The Balaban J connectivity index is 1.78. The second kappa shape index (κ2) is 8.92. The largest absolute Gasteiger partial charge is 0.335 e. The molecule has 2 heterocycles. The highest BCUT2D eigenvalue weighted by Gasteiger charge is 2.27. The molecule has 1 saturated heterocycles. The van der Waals surface area contributed by atoms with E-state index in [1.54, 1.807) is 12.1 Å². The summed E-state index contributed by atoms with van der Waals surface area (Å²) >= 11 is 19.4. The molecule has 0 unspecified atom stereocenters. The van der Waals surface area contributed by atoms with Crippen molar-refractivity contribution in [1.82, 2.24) is 9.88 Å². The molecule has 1 aromatic heterocycles. The van der Waals surface area contributed by atoms with Gasteiger partial charge in [0.2, 0.25) is 0 Å². The zero-order chi connectivity index (χ0) is 23.1. The predicted octanol–water partition coefficient (Wildman–Crippen LogP) is 7.64. The van der Waals surface area contributed by atoms with E-state index in [0.29, 0.717) is 26.5 Å². The first-order valence-electron chi connectivity index (χ1n) is 9.96. The topological polar surface area (TPSA) is 51.1 Å². The molecule has 0 aliphatic carbocycles. The molecular formula is C25H15Cl3N2O2S. The van der Waals surface area contributed by atoms with Crippen molar-refractivity contribution in [3.05, 3.63) is 97.8 Å². The van der Waals surface area contributed by atoms with Crippen LogP contribution in [-0.4, -0.2) is 15.7 Å². The number of nitrogens with one attached hydrogen (secondary N) is 1. The average Bonchev–Trinajstić information content (AvgIpc) is 3.28. The minimum atomic E-state index is -0.395. The molecule has 4 aromatic rings. The Morgan fingerprint density at radius 2 is 1.67 bits per heavy atom. The molecule has 0 radical (unpaired) electrons. The number of hydrogen-bond donors (Lipinski definition) is 1. The monoisotopic (exact) mass is 512 g/mol. The quantitative estimate of drug-likeness (QED) is 0.285. The van der Waals surface area contributed by atoms with E-state index in [0.717, 1.165) is 45.0 Å². The van der Waals surface area contributed by atoms with E-state index >= 15 is 0 Å². The van der Waals surface area contributed by atoms with Crippen LogP contribution in [0.15, 0.2) is 71.6 Å². The van der Waals surface area contributed by atoms with E-state index in [-0.39, 0.29) is 5.24 Å². The van der Waals surface area contributed by atoms with Crippen molar-refractivity contribution in [3.8, 4) is 11.3 Å². The summed E-state index contributed by atoms with van der Waals surface area (Å²) in [7, 11) is 0. The Bertz CT molecular complexity index is 1460. The molecule has 0 spiro atoms. The fourth-order valence-corrected chi connectivity index (χ4v) is 5.04. The lowest BCUT2D eigenvalue weighted by atomic mass is 10.0. The van der Waals surface area contributed by atoms with Crippen LogP contribution < -0.4 is 5.32 Å². The third-order valence-electron chi connectivity index (χ3n) is 5.37. The van der Waals surface area contributed by atoms with Crippen LogP contribution >= 0.6 is 46.6 Å². The minimum Gasteiger partial charge on any atom is -0.335 e.